The number of nitrogen functional groups attached to an aromatic ring is 1. The van der Waals surface area contributed by atoms with Crippen LogP contribution in [0.15, 0.2) is 18.2 Å². The van der Waals surface area contributed by atoms with Gasteiger partial charge in [-0.3, -0.25) is 0 Å². The summed E-state index contributed by atoms with van der Waals surface area (Å²) in [5, 5.41) is 0. The zero-order valence-electron chi connectivity index (χ0n) is 10.1. The van der Waals surface area contributed by atoms with Gasteiger partial charge in [-0.1, -0.05) is 0 Å². The Morgan fingerprint density at radius 1 is 1.44 bits per heavy atom. The number of anilines is 1. The van der Waals surface area contributed by atoms with Crippen molar-refractivity contribution >= 4 is 17.6 Å². The highest BCUT2D eigenvalue weighted by molar-refractivity contribution is 5.92. The zero-order valence-corrected chi connectivity index (χ0v) is 10.1. The fourth-order valence-corrected chi connectivity index (χ4v) is 1.21. The Balaban J connectivity index is 2.70. The minimum atomic E-state index is -1.02. The van der Waals surface area contributed by atoms with Crippen molar-refractivity contribution in [2.24, 2.45) is 0 Å². The predicted molar refractivity (Wildman–Crippen MR) is 62.3 cm³/mol. The standard InChI is InChI=1S/C12H14FNO4/c1-3-17-11(15)7(2)18-12(16)8-4-5-9(13)10(14)6-8/h4-7H,3,14H2,1-2H3. The van der Waals surface area contributed by atoms with Crippen LogP contribution in [-0.2, 0) is 14.3 Å². The average Bonchev–Trinajstić information content (AvgIpc) is 2.32. The maximum Gasteiger partial charge on any atom is 0.347 e. The molecule has 0 saturated heterocycles. The van der Waals surface area contributed by atoms with Crippen molar-refractivity contribution < 1.29 is 23.5 Å². The third kappa shape index (κ3) is 3.44. The summed E-state index contributed by atoms with van der Waals surface area (Å²) in [6, 6.07) is 3.43. The predicted octanol–water partition coefficient (Wildman–Crippen LogP) is 1.52. The molecule has 0 spiro atoms. The van der Waals surface area contributed by atoms with Gasteiger partial charge in [0.25, 0.3) is 0 Å². The van der Waals surface area contributed by atoms with E-state index in [1.807, 2.05) is 0 Å². The maximum absolute atomic E-state index is 12.9. The smallest absolute Gasteiger partial charge is 0.347 e. The quantitative estimate of drug-likeness (QED) is 0.651. The monoisotopic (exact) mass is 255 g/mol. The van der Waals surface area contributed by atoms with Crippen LogP contribution in [0.1, 0.15) is 24.2 Å². The van der Waals surface area contributed by atoms with E-state index in [1.54, 1.807) is 6.92 Å². The van der Waals surface area contributed by atoms with Crippen LogP contribution in [0.3, 0.4) is 0 Å². The normalized spacial score (nSPS) is 11.7. The third-order valence-corrected chi connectivity index (χ3v) is 2.13. The van der Waals surface area contributed by atoms with Crippen LogP contribution in [-0.4, -0.2) is 24.6 Å². The Kier molecular flexibility index (Phi) is 4.65. The van der Waals surface area contributed by atoms with Gasteiger partial charge >= 0.3 is 11.9 Å². The Bertz CT molecular complexity index is 461. The first-order chi connectivity index (χ1) is 8.45. The zero-order chi connectivity index (χ0) is 13.7. The number of carbonyl (C=O) groups is 2. The molecule has 1 atom stereocenters. The molecule has 98 valence electrons. The molecule has 0 saturated carbocycles. The molecule has 0 radical (unpaired) electrons. The molecule has 0 fully saturated rings. The highest BCUT2D eigenvalue weighted by Gasteiger charge is 2.20. The van der Waals surface area contributed by atoms with E-state index < -0.39 is 23.9 Å². The summed E-state index contributed by atoms with van der Waals surface area (Å²) in [4.78, 5) is 22.9. The number of ether oxygens (including phenoxy) is 2. The average molecular weight is 255 g/mol. The number of benzene rings is 1. The van der Waals surface area contributed by atoms with Crippen molar-refractivity contribution in [1.29, 1.82) is 0 Å². The number of carbonyl (C=O) groups excluding carboxylic acids is 2. The van der Waals surface area contributed by atoms with Crippen molar-refractivity contribution in [2.45, 2.75) is 20.0 Å². The molecule has 1 aromatic carbocycles. The summed E-state index contributed by atoms with van der Waals surface area (Å²) >= 11 is 0. The largest absolute Gasteiger partial charge is 0.463 e. The summed E-state index contributed by atoms with van der Waals surface area (Å²) in [7, 11) is 0. The summed E-state index contributed by atoms with van der Waals surface area (Å²) in [5.41, 5.74) is 5.24. The van der Waals surface area contributed by atoms with E-state index in [0.29, 0.717) is 0 Å². The van der Waals surface area contributed by atoms with Crippen LogP contribution in [0.5, 0.6) is 0 Å². The minimum Gasteiger partial charge on any atom is -0.463 e. The van der Waals surface area contributed by atoms with Gasteiger partial charge in [0, 0.05) is 0 Å². The van der Waals surface area contributed by atoms with Crippen molar-refractivity contribution in [3.05, 3.63) is 29.6 Å². The topological polar surface area (TPSA) is 78.6 Å². The van der Waals surface area contributed by atoms with Crippen molar-refractivity contribution in [3.8, 4) is 0 Å². The van der Waals surface area contributed by atoms with Crippen LogP contribution in [0, 0.1) is 5.82 Å². The van der Waals surface area contributed by atoms with Gasteiger partial charge in [0.2, 0.25) is 0 Å². The summed E-state index contributed by atoms with van der Waals surface area (Å²) < 4.78 is 22.4. The van der Waals surface area contributed by atoms with Crippen LogP contribution in [0.4, 0.5) is 10.1 Å². The number of esters is 2. The molecule has 0 bridgehead atoms. The molecular formula is C12H14FNO4. The highest BCUT2D eigenvalue weighted by Crippen LogP contribution is 2.14. The number of halogens is 1. The second-order valence-electron chi connectivity index (χ2n) is 3.54. The molecule has 1 aromatic rings. The summed E-state index contributed by atoms with van der Waals surface area (Å²) in [5.74, 6) is -2.02. The lowest BCUT2D eigenvalue weighted by atomic mass is 10.2. The molecule has 0 aromatic heterocycles. The van der Waals surface area contributed by atoms with E-state index >= 15 is 0 Å². The lowest BCUT2D eigenvalue weighted by Crippen LogP contribution is -2.26. The first kappa shape index (κ1) is 14.0. The van der Waals surface area contributed by atoms with E-state index in [-0.39, 0.29) is 17.9 Å². The molecule has 0 aliphatic rings. The Morgan fingerprint density at radius 3 is 2.67 bits per heavy atom. The number of rotatable bonds is 4. The van der Waals surface area contributed by atoms with Gasteiger partial charge in [0.05, 0.1) is 17.9 Å². The SMILES string of the molecule is CCOC(=O)C(C)OC(=O)c1ccc(F)c(N)c1. The first-order valence-corrected chi connectivity index (χ1v) is 5.38. The van der Waals surface area contributed by atoms with Crippen molar-refractivity contribution in [3.63, 3.8) is 0 Å². The fourth-order valence-electron chi connectivity index (χ4n) is 1.21. The first-order valence-electron chi connectivity index (χ1n) is 5.38. The van der Waals surface area contributed by atoms with E-state index in [2.05, 4.69) is 4.74 Å². The molecule has 6 heteroatoms. The Labute approximate surface area is 104 Å². The number of nitrogens with two attached hydrogens (primary N) is 1. The molecule has 0 amide bonds. The molecule has 0 aliphatic carbocycles. The van der Waals surface area contributed by atoms with Crippen LogP contribution in [0.2, 0.25) is 0 Å². The fraction of sp³-hybridized carbons (Fsp3) is 0.333. The van der Waals surface area contributed by atoms with Gasteiger partial charge in [-0.2, -0.15) is 0 Å². The van der Waals surface area contributed by atoms with Crippen molar-refractivity contribution in [1.82, 2.24) is 0 Å². The van der Waals surface area contributed by atoms with Gasteiger partial charge < -0.3 is 15.2 Å². The second kappa shape index (κ2) is 6.00. The summed E-state index contributed by atoms with van der Waals surface area (Å²) in [6.07, 6.45) is -1.02. The van der Waals surface area contributed by atoms with E-state index in [0.717, 1.165) is 12.1 Å². The van der Waals surface area contributed by atoms with Gasteiger partial charge in [0.15, 0.2) is 6.10 Å². The molecule has 1 unspecified atom stereocenters. The van der Waals surface area contributed by atoms with Crippen LogP contribution >= 0.6 is 0 Å². The van der Waals surface area contributed by atoms with E-state index in [9.17, 15) is 14.0 Å². The highest BCUT2D eigenvalue weighted by atomic mass is 19.1. The van der Waals surface area contributed by atoms with E-state index in [1.165, 1.54) is 13.0 Å². The van der Waals surface area contributed by atoms with Gasteiger partial charge in [0.1, 0.15) is 5.82 Å². The van der Waals surface area contributed by atoms with E-state index in [4.69, 9.17) is 10.5 Å². The van der Waals surface area contributed by atoms with Gasteiger partial charge in [-0.05, 0) is 32.0 Å². The Hall–Kier alpha value is -2.11. The van der Waals surface area contributed by atoms with Crippen molar-refractivity contribution in [2.75, 3.05) is 12.3 Å². The van der Waals surface area contributed by atoms with Gasteiger partial charge in [-0.15, -0.1) is 0 Å². The number of hydrogen-bond acceptors (Lipinski definition) is 5. The molecule has 2 N–H and O–H groups in total. The molecular weight excluding hydrogens is 241 g/mol. The maximum atomic E-state index is 12.9. The lowest BCUT2D eigenvalue weighted by Gasteiger charge is -2.12. The minimum absolute atomic E-state index is 0.0741. The molecule has 5 nitrogen and oxygen atoms in total. The van der Waals surface area contributed by atoms with Gasteiger partial charge in [-0.25, -0.2) is 14.0 Å². The second-order valence-corrected chi connectivity index (χ2v) is 3.54. The lowest BCUT2D eigenvalue weighted by molar-refractivity contribution is -0.152. The number of hydrogen-bond donors (Lipinski definition) is 1. The molecule has 0 aliphatic heterocycles. The van der Waals surface area contributed by atoms with Crippen LogP contribution < -0.4 is 5.73 Å². The molecule has 1 rings (SSSR count). The molecule has 0 heterocycles. The molecule has 18 heavy (non-hydrogen) atoms. The Morgan fingerprint density at radius 2 is 2.11 bits per heavy atom. The summed E-state index contributed by atoms with van der Waals surface area (Å²) in [6.45, 7) is 3.24. The van der Waals surface area contributed by atoms with Crippen LogP contribution in [0.25, 0.3) is 0 Å². The third-order valence-electron chi connectivity index (χ3n) is 2.13.